The third-order valence-corrected chi connectivity index (χ3v) is 6.82. The van der Waals surface area contributed by atoms with Crippen LogP contribution in [0.2, 0.25) is 0 Å². The average molecular weight is 390 g/mol. The van der Waals surface area contributed by atoms with Crippen LogP contribution in [-0.2, 0) is 14.8 Å². The summed E-state index contributed by atoms with van der Waals surface area (Å²) < 4.78 is 40.3. The number of amides is 1. The molecule has 2 aromatic carbocycles. The molecular formula is C20H23FN2O3S. The quantitative estimate of drug-likeness (QED) is 0.806. The van der Waals surface area contributed by atoms with Gasteiger partial charge < -0.3 is 4.90 Å². The molecule has 1 aliphatic rings. The lowest BCUT2D eigenvalue weighted by Gasteiger charge is -2.33. The SMILES string of the molecule is Cc1ccc(S(=O)(=O)N2CCC[C@@H](C(=O)N(C)c3ccc(F)cc3)C2)cc1. The molecule has 0 bridgehead atoms. The van der Waals surface area contributed by atoms with E-state index in [-0.39, 0.29) is 23.2 Å². The summed E-state index contributed by atoms with van der Waals surface area (Å²) in [6.45, 7) is 2.46. The Hall–Kier alpha value is -2.25. The van der Waals surface area contributed by atoms with Crippen molar-refractivity contribution in [3.8, 4) is 0 Å². The number of sulfonamides is 1. The highest BCUT2D eigenvalue weighted by Gasteiger charge is 2.34. The molecule has 144 valence electrons. The summed E-state index contributed by atoms with van der Waals surface area (Å²) in [5.74, 6) is -0.952. The van der Waals surface area contributed by atoms with Gasteiger partial charge in [-0.15, -0.1) is 0 Å². The molecule has 0 spiro atoms. The minimum Gasteiger partial charge on any atom is -0.315 e. The van der Waals surface area contributed by atoms with Crippen molar-refractivity contribution in [2.24, 2.45) is 5.92 Å². The molecule has 1 saturated heterocycles. The first kappa shape index (κ1) is 19.5. The molecule has 0 unspecified atom stereocenters. The van der Waals surface area contributed by atoms with E-state index < -0.39 is 15.9 Å². The first-order valence-electron chi connectivity index (χ1n) is 8.89. The van der Waals surface area contributed by atoms with Crippen molar-refractivity contribution in [3.05, 3.63) is 59.9 Å². The van der Waals surface area contributed by atoms with Crippen LogP contribution in [0.1, 0.15) is 18.4 Å². The lowest BCUT2D eigenvalue weighted by Crippen LogP contribution is -2.45. The number of aryl methyl sites for hydroxylation is 1. The van der Waals surface area contributed by atoms with Gasteiger partial charge in [0.15, 0.2) is 0 Å². The molecule has 27 heavy (non-hydrogen) atoms. The highest BCUT2D eigenvalue weighted by Crippen LogP contribution is 2.26. The maximum absolute atomic E-state index is 13.1. The smallest absolute Gasteiger partial charge is 0.243 e. The van der Waals surface area contributed by atoms with Crippen LogP contribution < -0.4 is 4.90 Å². The van der Waals surface area contributed by atoms with Gasteiger partial charge in [0.2, 0.25) is 15.9 Å². The molecule has 0 saturated carbocycles. The van der Waals surface area contributed by atoms with Gasteiger partial charge in [0.05, 0.1) is 10.8 Å². The summed E-state index contributed by atoms with van der Waals surface area (Å²) in [6, 6.07) is 12.4. The highest BCUT2D eigenvalue weighted by molar-refractivity contribution is 7.89. The van der Waals surface area contributed by atoms with Gasteiger partial charge in [-0.25, -0.2) is 12.8 Å². The Bertz CT molecular complexity index is 911. The average Bonchev–Trinajstić information content (AvgIpc) is 2.68. The zero-order valence-corrected chi connectivity index (χ0v) is 16.2. The number of carbonyl (C=O) groups excluding carboxylic acids is 1. The summed E-state index contributed by atoms with van der Waals surface area (Å²) in [5.41, 5.74) is 1.57. The molecule has 3 rings (SSSR count). The number of hydrogen-bond donors (Lipinski definition) is 0. The highest BCUT2D eigenvalue weighted by atomic mass is 32.2. The van der Waals surface area contributed by atoms with Crippen LogP contribution in [0.15, 0.2) is 53.4 Å². The number of carbonyl (C=O) groups is 1. The zero-order valence-electron chi connectivity index (χ0n) is 15.4. The summed E-state index contributed by atoms with van der Waals surface area (Å²) in [7, 11) is -2.00. The molecular weight excluding hydrogens is 367 g/mol. The molecule has 1 fully saturated rings. The van der Waals surface area contributed by atoms with Crippen molar-refractivity contribution in [2.45, 2.75) is 24.7 Å². The molecule has 0 radical (unpaired) electrons. The standard InChI is InChI=1S/C20H23FN2O3S/c1-15-5-11-19(12-6-15)27(25,26)23-13-3-4-16(14-23)20(24)22(2)18-9-7-17(21)8-10-18/h5-12,16H,3-4,13-14H2,1-2H3/t16-/m1/s1. The number of anilines is 1. The number of benzene rings is 2. The van der Waals surface area contributed by atoms with Gasteiger partial charge >= 0.3 is 0 Å². The molecule has 1 amide bonds. The van der Waals surface area contributed by atoms with Gasteiger partial charge in [-0.2, -0.15) is 4.31 Å². The van der Waals surface area contributed by atoms with Crippen molar-refractivity contribution in [2.75, 3.05) is 25.0 Å². The lowest BCUT2D eigenvalue weighted by molar-refractivity contribution is -0.123. The van der Waals surface area contributed by atoms with Crippen molar-refractivity contribution in [3.63, 3.8) is 0 Å². The maximum atomic E-state index is 13.1. The molecule has 5 nitrogen and oxygen atoms in total. The van der Waals surface area contributed by atoms with Crippen molar-refractivity contribution in [1.29, 1.82) is 0 Å². The van der Waals surface area contributed by atoms with Crippen LogP contribution in [0.5, 0.6) is 0 Å². The number of hydrogen-bond acceptors (Lipinski definition) is 3. The maximum Gasteiger partial charge on any atom is 0.243 e. The Morgan fingerprint density at radius 2 is 1.74 bits per heavy atom. The first-order valence-corrected chi connectivity index (χ1v) is 10.3. The fourth-order valence-electron chi connectivity index (χ4n) is 3.29. The topological polar surface area (TPSA) is 57.7 Å². The van der Waals surface area contributed by atoms with E-state index in [2.05, 4.69) is 0 Å². The van der Waals surface area contributed by atoms with Crippen molar-refractivity contribution in [1.82, 2.24) is 4.31 Å². The summed E-state index contributed by atoms with van der Waals surface area (Å²) in [4.78, 5) is 14.6. The van der Waals surface area contributed by atoms with Gasteiger partial charge in [-0.05, 0) is 56.2 Å². The van der Waals surface area contributed by atoms with Gasteiger partial charge in [0, 0.05) is 25.8 Å². The third-order valence-electron chi connectivity index (χ3n) is 4.94. The van der Waals surface area contributed by atoms with Crippen molar-refractivity contribution >= 4 is 21.6 Å². The second-order valence-corrected chi connectivity index (χ2v) is 8.83. The van der Waals surface area contributed by atoms with E-state index in [1.807, 2.05) is 6.92 Å². The van der Waals surface area contributed by atoms with Crippen LogP contribution in [0.3, 0.4) is 0 Å². The monoisotopic (exact) mass is 390 g/mol. The van der Waals surface area contributed by atoms with Crippen LogP contribution in [-0.4, -0.2) is 38.8 Å². The molecule has 0 aliphatic carbocycles. The third kappa shape index (κ3) is 4.20. The van der Waals surface area contributed by atoms with Gasteiger partial charge in [-0.1, -0.05) is 17.7 Å². The van der Waals surface area contributed by atoms with Crippen LogP contribution in [0.4, 0.5) is 10.1 Å². The lowest BCUT2D eigenvalue weighted by atomic mass is 9.98. The van der Waals surface area contributed by atoms with Crippen LogP contribution in [0, 0.1) is 18.7 Å². The first-order chi connectivity index (χ1) is 12.8. The van der Waals surface area contributed by atoms with Gasteiger partial charge in [-0.3, -0.25) is 4.79 Å². The minimum atomic E-state index is -3.63. The predicted octanol–water partition coefficient (Wildman–Crippen LogP) is 3.20. The Morgan fingerprint density at radius 1 is 1.11 bits per heavy atom. The van der Waals surface area contributed by atoms with Crippen molar-refractivity contribution < 1.29 is 17.6 Å². The van der Waals surface area contributed by atoms with Gasteiger partial charge in [0.25, 0.3) is 0 Å². The fraction of sp³-hybridized carbons (Fsp3) is 0.350. The normalized spacial score (nSPS) is 18.3. The fourth-order valence-corrected chi connectivity index (χ4v) is 4.81. The predicted molar refractivity (Wildman–Crippen MR) is 102 cm³/mol. The van der Waals surface area contributed by atoms with Crippen LogP contribution >= 0.6 is 0 Å². The van der Waals surface area contributed by atoms with E-state index in [0.29, 0.717) is 25.1 Å². The van der Waals surface area contributed by atoms with E-state index in [9.17, 15) is 17.6 Å². The van der Waals surface area contributed by atoms with E-state index in [4.69, 9.17) is 0 Å². The second kappa shape index (κ2) is 7.78. The molecule has 0 N–H and O–H groups in total. The molecule has 2 aromatic rings. The molecule has 1 aliphatic heterocycles. The summed E-state index contributed by atoms with van der Waals surface area (Å²) >= 11 is 0. The summed E-state index contributed by atoms with van der Waals surface area (Å²) in [6.07, 6.45) is 1.25. The number of nitrogens with zero attached hydrogens (tertiary/aromatic N) is 2. The van der Waals surface area contributed by atoms with Gasteiger partial charge in [0.1, 0.15) is 5.82 Å². The van der Waals surface area contributed by atoms with Crippen LogP contribution in [0.25, 0.3) is 0 Å². The number of piperidine rings is 1. The van der Waals surface area contributed by atoms with E-state index in [1.165, 1.54) is 33.5 Å². The number of rotatable bonds is 4. The zero-order chi connectivity index (χ0) is 19.6. The Labute approximate surface area is 159 Å². The summed E-state index contributed by atoms with van der Waals surface area (Å²) in [5, 5.41) is 0. The molecule has 1 atom stereocenters. The van der Waals surface area contributed by atoms with E-state index >= 15 is 0 Å². The number of halogens is 1. The molecule has 7 heteroatoms. The Balaban J connectivity index is 1.76. The Morgan fingerprint density at radius 3 is 2.37 bits per heavy atom. The molecule has 0 aromatic heterocycles. The van der Waals surface area contributed by atoms with E-state index in [0.717, 1.165) is 5.56 Å². The molecule has 1 heterocycles. The Kier molecular flexibility index (Phi) is 5.62. The van der Waals surface area contributed by atoms with E-state index in [1.54, 1.807) is 31.3 Å². The second-order valence-electron chi connectivity index (χ2n) is 6.89. The largest absolute Gasteiger partial charge is 0.315 e. The minimum absolute atomic E-state index is 0.153.